The highest BCUT2D eigenvalue weighted by Gasteiger charge is 2.27. The second kappa shape index (κ2) is 6.09. The van der Waals surface area contributed by atoms with Crippen LogP contribution in [0, 0.1) is 0 Å². The fourth-order valence-corrected chi connectivity index (χ4v) is 3.09. The third-order valence-electron chi connectivity index (χ3n) is 3.18. The van der Waals surface area contributed by atoms with Crippen molar-refractivity contribution in [3.63, 3.8) is 0 Å². The van der Waals surface area contributed by atoms with Gasteiger partial charge < -0.3 is 5.32 Å². The van der Waals surface area contributed by atoms with Crippen molar-refractivity contribution in [2.75, 3.05) is 5.75 Å². The Bertz CT molecular complexity index is 641. The number of thioether (sulfide) groups is 1. The SMILES string of the molecule is CC(NC(=O)C1CSC(c2ccccc2)=N1)c1ncn[nH]1. The van der Waals surface area contributed by atoms with Crippen LogP contribution in [0.15, 0.2) is 41.7 Å². The molecule has 0 spiro atoms. The van der Waals surface area contributed by atoms with Gasteiger partial charge in [-0.05, 0) is 6.92 Å². The van der Waals surface area contributed by atoms with E-state index in [1.165, 1.54) is 6.33 Å². The monoisotopic (exact) mass is 301 g/mol. The predicted octanol–water partition coefficient (Wildman–Crippen LogP) is 1.54. The summed E-state index contributed by atoms with van der Waals surface area (Å²) in [6.45, 7) is 1.86. The number of aliphatic imine (C=N–C) groups is 1. The Morgan fingerprint density at radius 1 is 1.43 bits per heavy atom. The summed E-state index contributed by atoms with van der Waals surface area (Å²) >= 11 is 1.61. The smallest absolute Gasteiger partial charge is 0.246 e. The maximum atomic E-state index is 12.2. The highest BCUT2D eigenvalue weighted by Crippen LogP contribution is 2.23. The zero-order valence-electron chi connectivity index (χ0n) is 11.5. The van der Waals surface area contributed by atoms with E-state index in [2.05, 4.69) is 25.5 Å². The average Bonchev–Trinajstić information content (AvgIpc) is 3.20. The number of amides is 1. The summed E-state index contributed by atoms with van der Waals surface area (Å²) in [5.74, 6) is 1.22. The molecule has 1 amide bonds. The van der Waals surface area contributed by atoms with Crippen LogP contribution in [0.2, 0.25) is 0 Å². The summed E-state index contributed by atoms with van der Waals surface area (Å²) in [5, 5.41) is 10.4. The minimum Gasteiger partial charge on any atom is -0.344 e. The molecule has 1 aliphatic heterocycles. The first-order valence-corrected chi connectivity index (χ1v) is 7.64. The Hall–Kier alpha value is -2.15. The molecule has 0 radical (unpaired) electrons. The average molecular weight is 301 g/mol. The number of hydrogen-bond donors (Lipinski definition) is 2. The standard InChI is InChI=1S/C14H15N5OS/c1-9(12-15-8-16-19-12)17-13(20)11-7-21-14(18-11)10-5-3-2-4-6-10/h2-6,8-9,11H,7H2,1H3,(H,17,20)(H,15,16,19). The first-order valence-electron chi connectivity index (χ1n) is 6.65. The van der Waals surface area contributed by atoms with Crippen LogP contribution in [0.1, 0.15) is 24.4 Å². The van der Waals surface area contributed by atoms with E-state index >= 15 is 0 Å². The normalized spacial score (nSPS) is 19.1. The second-order valence-electron chi connectivity index (χ2n) is 4.73. The van der Waals surface area contributed by atoms with E-state index in [0.29, 0.717) is 11.6 Å². The molecule has 0 saturated heterocycles. The van der Waals surface area contributed by atoms with Crippen molar-refractivity contribution in [3.05, 3.63) is 48.0 Å². The van der Waals surface area contributed by atoms with Gasteiger partial charge in [-0.1, -0.05) is 30.3 Å². The fourth-order valence-electron chi connectivity index (χ4n) is 2.05. The third-order valence-corrected chi connectivity index (χ3v) is 4.27. The summed E-state index contributed by atoms with van der Waals surface area (Å²) in [7, 11) is 0. The Labute approximate surface area is 126 Å². The first kappa shape index (κ1) is 13.8. The molecule has 2 aromatic rings. The number of aromatic nitrogens is 3. The minimum absolute atomic E-state index is 0.0858. The quantitative estimate of drug-likeness (QED) is 0.897. The van der Waals surface area contributed by atoms with Crippen molar-refractivity contribution >= 4 is 22.7 Å². The molecule has 1 aliphatic rings. The number of H-pyrrole nitrogens is 1. The number of hydrogen-bond acceptors (Lipinski definition) is 5. The lowest BCUT2D eigenvalue weighted by Gasteiger charge is -2.12. The van der Waals surface area contributed by atoms with Gasteiger partial charge in [0.25, 0.3) is 0 Å². The van der Waals surface area contributed by atoms with E-state index < -0.39 is 0 Å². The number of aromatic amines is 1. The van der Waals surface area contributed by atoms with Crippen molar-refractivity contribution < 1.29 is 4.79 Å². The van der Waals surface area contributed by atoms with Gasteiger partial charge in [0.1, 0.15) is 18.2 Å². The van der Waals surface area contributed by atoms with Gasteiger partial charge in [-0.3, -0.25) is 14.9 Å². The van der Waals surface area contributed by atoms with E-state index in [9.17, 15) is 4.79 Å². The molecule has 2 atom stereocenters. The number of nitrogens with one attached hydrogen (secondary N) is 2. The molecule has 108 valence electrons. The molecule has 3 rings (SSSR count). The predicted molar refractivity (Wildman–Crippen MR) is 82.2 cm³/mol. The van der Waals surface area contributed by atoms with Gasteiger partial charge in [-0.25, -0.2) is 4.98 Å². The van der Waals surface area contributed by atoms with Gasteiger partial charge in [0.2, 0.25) is 5.91 Å². The maximum absolute atomic E-state index is 12.2. The number of carbonyl (C=O) groups excluding carboxylic acids is 1. The van der Waals surface area contributed by atoms with Crippen LogP contribution in [0.5, 0.6) is 0 Å². The molecule has 2 heterocycles. The minimum atomic E-state index is -0.351. The fraction of sp³-hybridized carbons (Fsp3) is 0.286. The van der Waals surface area contributed by atoms with Crippen molar-refractivity contribution in [1.82, 2.24) is 20.5 Å². The van der Waals surface area contributed by atoms with Crippen LogP contribution in [0.4, 0.5) is 0 Å². The Balaban J connectivity index is 1.65. The molecule has 0 fully saturated rings. The molecule has 21 heavy (non-hydrogen) atoms. The third kappa shape index (κ3) is 3.13. The first-order chi connectivity index (χ1) is 10.2. The van der Waals surface area contributed by atoms with Gasteiger partial charge in [0.15, 0.2) is 0 Å². The van der Waals surface area contributed by atoms with E-state index in [4.69, 9.17) is 0 Å². The molecule has 2 N–H and O–H groups in total. The lowest BCUT2D eigenvalue weighted by molar-refractivity contribution is -0.122. The molecule has 1 aromatic carbocycles. The molecule has 0 saturated carbocycles. The molecular weight excluding hydrogens is 286 g/mol. The molecule has 0 bridgehead atoms. The van der Waals surface area contributed by atoms with Crippen molar-refractivity contribution in [2.45, 2.75) is 19.0 Å². The summed E-state index contributed by atoms with van der Waals surface area (Å²) in [5.41, 5.74) is 1.06. The highest BCUT2D eigenvalue weighted by atomic mass is 32.2. The van der Waals surface area contributed by atoms with Crippen LogP contribution in [-0.2, 0) is 4.79 Å². The van der Waals surface area contributed by atoms with E-state index in [0.717, 1.165) is 10.6 Å². The molecule has 6 nitrogen and oxygen atoms in total. The lowest BCUT2D eigenvalue weighted by atomic mass is 10.2. The van der Waals surface area contributed by atoms with Gasteiger partial charge in [0, 0.05) is 11.3 Å². The van der Waals surface area contributed by atoms with Crippen LogP contribution in [-0.4, -0.2) is 37.9 Å². The topological polar surface area (TPSA) is 83.0 Å². The zero-order chi connectivity index (χ0) is 14.7. The molecule has 0 aliphatic carbocycles. The molecule has 2 unspecified atom stereocenters. The lowest BCUT2D eigenvalue weighted by Crippen LogP contribution is -2.36. The molecule has 1 aromatic heterocycles. The Morgan fingerprint density at radius 3 is 2.95 bits per heavy atom. The summed E-state index contributed by atoms with van der Waals surface area (Å²) in [4.78, 5) is 20.8. The number of rotatable bonds is 4. The number of nitrogens with zero attached hydrogens (tertiary/aromatic N) is 3. The Morgan fingerprint density at radius 2 is 2.24 bits per heavy atom. The second-order valence-corrected chi connectivity index (χ2v) is 5.74. The van der Waals surface area contributed by atoms with Crippen molar-refractivity contribution in [3.8, 4) is 0 Å². The van der Waals surface area contributed by atoms with Crippen LogP contribution in [0.3, 0.4) is 0 Å². The van der Waals surface area contributed by atoms with E-state index in [1.54, 1.807) is 11.8 Å². The number of carbonyl (C=O) groups is 1. The van der Waals surface area contributed by atoms with E-state index in [1.807, 2.05) is 37.3 Å². The largest absolute Gasteiger partial charge is 0.344 e. The van der Waals surface area contributed by atoms with Gasteiger partial charge >= 0.3 is 0 Å². The van der Waals surface area contributed by atoms with Crippen LogP contribution < -0.4 is 5.32 Å². The zero-order valence-corrected chi connectivity index (χ0v) is 12.3. The van der Waals surface area contributed by atoms with Gasteiger partial charge in [-0.2, -0.15) is 5.10 Å². The van der Waals surface area contributed by atoms with E-state index in [-0.39, 0.29) is 18.0 Å². The van der Waals surface area contributed by atoms with Gasteiger partial charge in [0.05, 0.1) is 11.1 Å². The highest BCUT2D eigenvalue weighted by molar-refractivity contribution is 8.14. The van der Waals surface area contributed by atoms with Crippen molar-refractivity contribution in [1.29, 1.82) is 0 Å². The van der Waals surface area contributed by atoms with Crippen LogP contribution >= 0.6 is 11.8 Å². The molecule has 7 heteroatoms. The Kier molecular flexibility index (Phi) is 4.01. The van der Waals surface area contributed by atoms with Crippen LogP contribution in [0.25, 0.3) is 0 Å². The molecular formula is C14H15N5OS. The summed E-state index contributed by atoms with van der Waals surface area (Å²) in [6, 6.07) is 9.35. The maximum Gasteiger partial charge on any atom is 0.246 e. The van der Waals surface area contributed by atoms with Crippen molar-refractivity contribution in [2.24, 2.45) is 4.99 Å². The summed E-state index contributed by atoms with van der Waals surface area (Å²) in [6.07, 6.45) is 1.43. The number of benzene rings is 1. The summed E-state index contributed by atoms with van der Waals surface area (Å²) < 4.78 is 0. The van der Waals surface area contributed by atoms with Gasteiger partial charge in [-0.15, -0.1) is 11.8 Å².